The third-order valence-electron chi connectivity index (χ3n) is 6.96. The van der Waals surface area contributed by atoms with Gasteiger partial charge in [0, 0.05) is 44.3 Å². The van der Waals surface area contributed by atoms with E-state index in [-0.39, 0.29) is 11.9 Å². The Kier molecular flexibility index (Phi) is 3.50. The van der Waals surface area contributed by atoms with E-state index in [0.717, 1.165) is 22.3 Å². The minimum absolute atomic E-state index is 0.192. The highest BCUT2D eigenvalue weighted by atomic mass is 16.6. The Labute approximate surface area is 174 Å². The number of aliphatic imine (C=N–C) groups is 1. The molecule has 30 heavy (non-hydrogen) atoms. The van der Waals surface area contributed by atoms with Gasteiger partial charge < -0.3 is 14.4 Å². The highest BCUT2D eigenvalue weighted by Crippen LogP contribution is 2.45. The molecule has 1 amide bonds. The van der Waals surface area contributed by atoms with E-state index in [9.17, 15) is 9.59 Å². The third kappa shape index (κ3) is 2.39. The van der Waals surface area contributed by atoms with Crippen LogP contribution in [0.25, 0.3) is 0 Å². The highest BCUT2D eigenvalue weighted by molar-refractivity contribution is 6.02. The van der Waals surface area contributed by atoms with E-state index in [4.69, 9.17) is 9.47 Å². The molecule has 1 saturated heterocycles. The largest absolute Gasteiger partial charge is 0.450 e. The zero-order valence-corrected chi connectivity index (χ0v) is 16.8. The number of benzene rings is 2. The van der Waals surface area contributed by atoms with Crippen LogP contribution in [0.2, 0.25) is 0 Å². The van der Waals surface area contributed by atoms with Crippen LogP contribution in [0.3, 0.4) is 0 Å². The van der Waals surface area contributed by atoms with Crippen LogP contribution in [0.15, 0.2) is 47.5 Å². The summed E-state index contributed by atoms with van der Waals surface area (Å²) in [7, 11) is 0. The topological polar surface area (TPSA) is 68.2 Å². The average molecular weight is 402 g/mol. The molecular weight excluding hydrogens is 380 g/mol. The summed E-state index contributed by atoms with van der Waals surface area (Å²) in [4.78, 5) is 31.5. The number of amides is 1. The number of amidine groups is 1. The fourth-order valence-corrected chi connectivity index (χ4v) is 5.30. The lowest BCUT2D eigenvalue weighted by molar-refractivity contribution is -0.130. The van der Waals surface area contributed by atoms with E-state index in [0.29, 0.717) is 50.4 Å². The maximum atomic E-state index is 12.8. The molecule has 0 saturated carbocycles. The van der Waals surface area contributed by atoms with Crippen LogP contribution < -0.4 is 0 Å². The predicted octanol–water partition coefficient (Wildman–Crippen LogP) is 2.91. The highest BCUT2D eigenvalue weighted by Gasteiger charge is 2.53. The molecule has 1 fully saturated rings. The van der Waals surface area contributed by atoms with Crippen molar-refractivity contribution >= 4 is 17.9 Å². The van der Waals surface area contributed by atoms with Gasteiger partial charge in [0.2, 0.25) is 5.60 Å². The molecule has 2 aromatic rings. The normalized spacial score (nSPS) is 22.7. The summed E-state index contributed by atoms with van der Waals surface area (Å²) in [6, 6.07) is 14.4. The maximum absolute atomic E-state index is 12.8. The second kappa shape index (κ2) is 5.94. The van der Waals surface area contributed by atoms with Gasteiger partial charge in [-0.25, -0.2) is 4.79 Å². The van der Waals surface area contributed by atoms with Crippen molar-refractivity contribution < 1.29 is 19.1 Å². The van der Waals surface area contributed by atoms with Gasteiger partial charge in [0.05, 0.1) is 5.56 Å². The molecule has 1 aliphatic carbocycles. The number of carbonyl (C=O) groups excluding carboxylic acids is 2. The number of piperidine rings is 1. The molecule has 2 aromatic carbocycles. The number of esters is 1. The van der Waals surface area contributed by atoms with E-state index >= 15 is 0 Å². The van der Waals surface area contributed by atoms with Crippen molar-refractivity contribution in [2.45, 2.75) is 43.8 Å². The number of ether oxygens (including phenoxy) is 2. The van der Waals surface area contributed by atoms with E-state index in [2.05, 4.69) is 23.2 Å². The summed E-state index contributed by atoms with van der Waals surface area (Å²) in [5, 5.41) is 0. The Balaban J connectivity index is 1.20. The fraction of sp³-hybridized carbons (Fsp3) is 0.375. The molecule has 0 bridgehead atoms. The third-order valence-corrected chi connectivity index (χ3v) is 6.96. The van der Waals surface area contributed by atoms with Crippen molar-refractivity contribution in [3.05, 3.63) is 70.3 Å². The zero-order chi connectivity index (χ0) is 20.5. The molecule has 6 nitrogen and oxygen atoms in total. The van der Waals surface area contributed by atoms with Crippen LogP contribution >= 0.6 is 0 Å². The quantitative estimate of drug-likeness (QED) is 0.634. The first kappa shape index (κ1) is 17.7. The Morgan fingerprint density at radius 3 is 2.33 bits per heavy atom. The van der Waals surface area contributed by atoms with E-state index in [1.165, 1.54) is 0 Å². The molecule has 3 aliphatic heterocycles. The van der Waals surface area contributed by atoms with Crippen molar-refractivity contribution in [2.24, 2.45) is 4.99 Å². The first-order valence-corrected chi connectivity index (χ1v) is 10.5. The molecule has 0 radical (unpaired) electrons. The SMILES string of the molecule is Cc1ccc2c(c1)C1(CCN(C3=NC(=O)C4(Cc5ccccc5C4)O3)CC1)OC2=O. The number of rotatable bonds is 0. The lowest BCUT2D eigenvalue weighted by atomic mass is 9.83. The van der Waals surface area contributed by atoms with Crippen LogP contribution in [0.1, 0.15) is 45.5 Å². The van der Waals surface area contributed by atoms with Crippen molar-refractivity contribution in [3.63, 3.8) is 0 Å². The van der Waals surface area contributed by atoms with Gasteiger partial charge in [-0.2, -0.15) is 4.99 Å². The van der Waals surface area contributed by atoms with Crippen molar-refractivity contribution in [1.82, 2.24) is 4.90 Å². The van der Waals surface area contributed by atoms with Crippen molar-refractivity contribution in [3.8, 4) is 0 Å². The number of carbonyl (C=O) groups is 2. The number of aryl methyl sites for hydroxylation is 1. The molecule has 2 spiro atoms. The number of nitrogens with zero attached hydrogens (tertiary/aromatic N) is 2. The van der Waals surface area contributed by atoms with Crippen molar-refractivity contribution in [1.29, 1.82) is 0 Å². The average Bonchev–Trinajstić information content (AvgIpc) is 3.35. The lowest BCUT2D eigenvalue weighted by Gasteiger charge is -2.39. The molecule has 6 rings (SSSR count). The van der Waals surface area contributed by atoms with Gasteiger partial charge in [0.25, 0.3) is 11.9 Å². The molecule has 152 valence electrons. The minimum atomic E-state index is -0.891. The van der Waals surface area contributed by atoms with E-state index in [1.807, 2.05) is 36.1 Å². The van der Waals surface area contributed by atoms with Crippen molar-refractivity contribution in [2.75, 3.05) is 13.1 Å². The number of fused-ring (bicyclic) bond motifs is 3. The fourth-order valence-electron chi connectivity index (χ4n) is 5.30. The van der Waals surface area contributed by atoms with Crippen LogP contribution in [-0.4, -0.2) is 41.5 Å². The summed E-state index contributed by atoms with van der Waals surface area (Å²) in [6.45, 7) is 3.27. The van der Waals surface area contributed by atoms with Gasteiger partial charge >= 0.3 is 5.97 Å². The summed E-state index contributed by atoms with van der Waals surface area (Å²) in [6.07, 6.45) is 2.44. The molecule has 6 heteroatoms. The van der Waals surface area contributed by atoms with Gasteiger partial charge in [-0.15, -0.1) is 0 Å². The Bertz CT molecular complexity index is 1100. The van der Waals surface area contributed by atoms with Crippen LogP contribution in [0.5, 0.6) is 0 Å². The Morgan fingerprint density at radius 1 is 0.933 bits per heavy atom. The van der Waals surface area contributed by atoms with E-state index in [1.54, 1.807) is 0 Å². The molecule has 0 N–H and O–H groups in total. The first-order chi connectivity index (χ1) is 14.5. The monoisotopic (exact) mass is 402 g/mol. The van der Waals surface area contributed by atoms with Gasteiger partial charge in [0.15, 0.2) is 0 Å². The molecular formula is C24H22N2O4. The van der Waals surface area contributed by atoms with Gasteiger partial charge in [-0.3, -0.25) is 4.79 Å². The predicted molar refractivity (Wildman–Crippen MR) is 109 cm³/mol. The number of hydrogen-bond donors (Lipinski definition) is 0. The Morgan fingerprint density at radius 2 is 1.63 bits per heavy atom. The smallest absolute Gasteiger partial charge is 0.339 e. The second-order valence-corrected chi connectivity index (χ2v) is 8.84. The lowest BCUT2D eigenvalue weighted by Crippen LogP contribution is -2.47. The van der Waals surface area contributed by atoms with E-state index < -0.39 is 11.2 Å². The van der Waals surface area contributed by atoms with Crippen LogP contribution in [0.4, 0.5) is 0 Å². The zero-order valence-electron chi connectivity index (χ0n) is 16.8. The molecule has 4 aliphatic rings. The number of hydrogen-bond acceptors (Lipinski definition) is 5. The summed E-state index contributed by atoms with van der Waals surface area (Å²) >= 11 is 0. The first-order valence-electron chi connectivity index (χ1n) is 10.5. The summed E-state index contributed by atoms with van der Waals surface area (Å²) in [5.41, 5.74) is 3.61. The second-order valence-electron chi connectivity index (χ2n) is 8.84. The molecule has 0 aromatic heterocycles. The molecule has 3 heterocycles. The number of likely N-dealkylation sites (tertiary alicyclic amines) is 1. The molecule has 0 atom stereocenters. The molecule has 0 unspecified atom stereocenters. The summed E-state index contributed by atoms with van der Waals surface area (Å²) in [5.74, 6) is -0.437. The maximum Gasteiger partial charge on any atom is 0.339 e. The van der Waals surface area contributed by atoms with Gasteiger partial charge in [0.1, 0.15) is 5.60 Å². The Hall–Kier alpha value is -3.15. The standard InChI is InChI=1S/C24H22N2O4/c1-15-6-7-18-19(12-15)23(29-20(18)27)8-10-26(11-9-23)22-25-21(28)24(30-22)13-16-4-2-3-5-17(16)14-24/h2-7,12H,8-11,13-14H2,1H3. The van der Waals surface area contributed by atoms with Gasteiger partial charge in [-0.1, -0.05) is 42.0 Å². The summed E-state index contributed by atoms with van der Waals surface area (Å²) < 4.78 is 12.1. The van der Waals surface area contributed by atoms with Crippen LogP contribution in [-0.2, 0) is 32.7 Å². The minimum Gasteiger partial charge on any atom is -0.450 e. The van der Waals surface area contributed by atoms with Crippen LogP contribution in [0, 0.1) is 6.92 Å². The van der Waals surface area contributed by atoms with Gasteiger partial charge in [-0.05, 0) is 24.1 Å².